The van der Waals surface area contributed by atoms with E-state index in [1.807, 2.05) is 30.3 Å². The van der Waals surface area contributed by atoms with Crippen LogP contribution < -0.4 is 10.2 Å². The zero-order valence-electron chi connectivity index (χ0n) is 20.3. The molecule has 0 aliphatic carbocycles. The average Bonchev–Trinajstić information content (AvgIpc) is 3.00. The molecule has 1 aliphatic rings. The summed E-state index contributed by atoms with van der Waals surface area (Å²) in [7, 11) is 0. The van der Waals surface area contributed by atoms with Gasteiger partial charge in [-0.2, -0.15) is 0 Å². The van der Waals surface area contributed by atoms with Gasteiger partial charge >= 0.3 is 5.97 Å². The van der Waals surface area contributed by atoms with E-state index in [0.29, 0.717) is 43.7 Å². The van der Waals surface area contributed by atoms with Crippen LogP contribution >= 0.6 is 0 Å². The lowest BCUT2D eigenvalue weighted by Crippen LogP contribution is -2.36. The fourth-order valence-corrected chi connectivity index (χ4v) is 4.22. The number of ether oxygens (including phenoxy) is 1. The van der Waals surface area contributed by atoms with Crippen molar-refractivity contribution < 1.29 is 24.0 Å². The van der Waals surface area contributed by atoms with Crippen LogP contribution in [0.25, 0.3) is 0 Å². The third-order valence-corrected chi connectivity index (χ3v) is 6.13. The number of esters is 1. The van der Waals surface area contributed by atoms with Crippen LogP contribution in [0.15, 0.2) is 42.5 Å². The highest BCUT2D eigenvalue weighted by Crippen LogP contribution is 2.46. The second kappa shape index (κ2) is 11.1. The number of rotatable bonds is 11. The number of nitrogens with zero attached hydrogens (tertiary/aromatic N) is 2. The van der Waals surface area contributed by atoms with Crippen LogP contribution in [0.4, 0.5) is 17.1 Å². The molecule has 0 bridgehead atoms. The zero-order valence-corrected chi connectivity index (χ0v) is 20.3. The summed E-state index contributed by atoms with van der Waals surface area (Å²) in [6.07, 6.45) is 2.02. The van der Waals surface area contributed by atoms with Gasteiger partial charge in [-0.1, -0.05) is 30.3 Å². The third kappa shape index (κ3) is 6.03. The molecular weight excluding hydrogens is 450 g/mol. The Balaban J connectivity index is 1.77. The van der Waals surface area contributed by atoms with Crippen LogP contribution in [0.5, 0.6) is 0 Å². The lowest BCUT2D eigenvalue weighted by Gasteiger charge is -2.20. The van der Waals surface area contributed by atoms with E-state index in [1.165, 1.54) is 11.0 Å². The van der Waals surface area contributed by atoms with E-state index in [9.17, 15) is 24.5 Å². The molecular formula is C26H31N3O6. The Morgan fingerprint density at radius 3 is 2.49 bits per heavy atom. The number of benzene rings is 2. The molecule has 1 aliphatic heterocycles. The largest absolute Gasteiger partial charge is 0.466 e. The van der Waals surface area contributed by atoms with Crippen molar-refractivity contribution in [3.63, 3.8) is 0 Å². The van der Waals surface area contributed by atoms with Crippen LogP contribution in [0.2, 0.25) is 0 Å². The van der Waals surface area contributed by atoms with Crippen LogP contribution in [-0.4, -0.2) is 35.9 Å². The van der Waals surface area contributed by atoms with Gasteiger partial charge in [0.2, 0.25) is 11.8 Å². The van der Waals surface area contributed by atoms with E-state index >= 15 is 0 Å². The zero-order chi connectivity index (χ0) is 25.6. The van der Waals surface area contributed by atoms with Gasteiger partial charge < -0.3 is 15.0 Å². The van der Waals surface area contributed by atoms with Gasteiger partial charge in [0.15, 0.2) is 0 Å². The highest BCUT2D eigenvalue weighted by atomic mass is 16.6. The number of aryl methyl sites for hydroxylation is 1. The van der Waals surface area contributed by atoms with E-state index in [1.54, 1.807) is 26.8 Å². The number of unbranched alkanes of at least 4 members (excludes halogenated alkanes) is 1. The molecule has 1 N–H and O–H groups in total. The summed E-state index contributed by atoms with van der Waals surface area (Å²) in [4.78, 5) is 50.1. The van der Waals surface area contributed by atoms with E-state index in [4.69, 9.17) is 4.74 Å². The molecule has 2 amide bonds. The van der Waals surface area contributed by atoms with Crippen LogP contribution in [0, 0.1) is 10.1 Å². The summed E-state index contributed by atoms with van der Waals surface area (Å²) < 4.78 is 4.92. The monoisotopic (exact) mass is 481 g/mol. The Morgan fingerprint density at radius 1 is 1.11 bits per heavy atom. The standard InChI is InChI=1S/C26H31N3O6/c1-4-35-24(31)12-8-9-15-28-21-17-22(29(33)34)20(16-19(21)26(2,3)25(28)32)27-23(30)14-13-18-10-6-5-7-11-18/h5-7,10-11,16-17H,4,8-9,12-15H2,1-3H3,(H,27,30). The molecule has 35 heavy (non-hydrogen) atoms. The third-order valence-electron chi connectivity index (χ3n) is 6.13. The summed E-state index contributed by atoms with van der Waals surface area (Å²) in [6.45, 7) is 5.92. The maximum Gasteiger partial charge on any atom is 0.305 e. The average molecular weight is 482 g/mol. The van der Waals surface area contributed by atoms with Crippen molar-refractivity contribution in [1.82, 2.24) is 0 Å². The van der Waals surface area contributed by atoms with Crippen LogP contribution in [0.1, 0.15) is 57.6 Å². The molecule has 0 fully saturated rings. The van der Waals surface area contributed by atoms with Crippen molar-refractivity contribution >= 4 is 34.8 Å². The molecule has 0 saturated heterocycles. The molecule has 1 heterocycles. The first-order chi connectivity index (χ1) is 16.6. The molecule has 0 unspecified atom stereocenters. The van der Waals surface area contributed by atoms with Gasteiger partial charge in [-0.05, 0) is 57.2 Å². The quantitative estimate of drug-likeness (QED) is 0.218. The molecule has 0 saturated carbocycles. The Bertz CT molecular complexity index is 1110. The van der Waals surface area contributed by atoms with Crippen molar-refractivity contribution in [2.24, 2.45) is 0 Å². The molecule has 3 rings (SSSR count). The number of nitro benzene ring substituents is 1. The summed E-state index contributed by atoms with van der Waals surface area (Å²) in [5.41, 5.74) is 0.990. The highest BCUT2D eigenvalue weighted by molar-refractivity contribution is 6.09. The molecule has 2 aromatic rings. The molecule has 2 aromatic carbocycles. The molecule has 9 heteroatoms. The second-order valence-electron chi connectivity index (χ2n) is 9.02. The minimum absolute atomic E-state index is 0.0804. The molecule has 186 valence electrons. The number of nitrogens with one attached hydrogen (secondary N) is 1. The SMILES string of the molecule is CCOC(=O)CCCCN1C(=O)C(C)(C)c2cc(NC(=O)CCc3ccccc3)c([N+](=O)[O-])cc21. The lowest BCUT2D eigenvalue weighted by atomic mass is 9.85. The van der Waals surface area contributed by atoms with Gasteiger partial charge in [0.05, 0.1) is 22.6 Å². The minimum Gasteiger partial charge on any atom is -0.466 e. The summed E-state index contributed by atoms with van der Waals surface area (Å²) in [5, 5.41) is 14.5. The number of fused-ring (bicyclic) bond motifs is 1. The Hall–Kier alpha value is -3.75. The normalized spacial score (nSPS) is 13.9. The maximum atomic E-state index is 13.2. The molecule has 9 nitrogen and oxygen atoms in total. The smallest absolute Gasteiger partial charge is 0.305 e. The molecule has 0 radical (unpaired) electrons. The lowest BCUT2D eigenvalue weighted by molar-refractivity contribution is -0.383. The number of amides is 2. The number of hydrogen-bond donors (Lipinski definition) is 1. The predicted molar refractivity (Wildman–Crippen MR) is 132 cm³/mol. The highest BCUT2D eigenvalue weighted by Gasteiger charge is 2.45. The van der Waals surface area contributed by atoms with Gasteiger partial charge in [0, 0.05) is 25.5 Å². The van der Waals surface area contributed by atoms with Gasteiger partial charge in [-0.15, -0.1) is 0 Å². The number of hydrogen-bond acceptors (Lipinski definition) is 6. The van der Waals surface area contributed by atoms with Crippen LogP contribution in [-0.2, 0) is 31.0 Å². The molecule has 0 spiro atoms. The van der Waals surface area contributed by atoms with E-state index in [2.05, 4.69) is 5.32 Å². The minimum atomic E-state index is -0.908. The van der Waals surface area contributed by atoms with Crippen molar-refractivity contribution in [3.05, 3.63) is 63.7 Å². The van der Waals surface area contributed by atoms with Crippen molar-refractivity contribution in [2.45, 2.75) is 58.3 Å². The van der Waals surface area contributed by atoms with E-state index < -0.39 is 10.3 Å². The number of carbonyl (C=O) groups is 3. The molecule has 0 atom stereocenters. The number of nitro groups is 1. The first-order valence-corrected chi connectivity index (χ1v) is 11.8. The summed E-state index contributed by atoms with van der Waals surface area (Å²) >= 11 is 0. The van der Waals surface area contributed by atoms with Gasteiger partial charge in [-0.3, -0.25) is 24.5 Å². The maximum absolute atomic E-state index is 13.2. The topological polar surface area (TPSA) is 119 Å². The number of anilines is 2. The van der Waals surface area contributed by atoms with Gasteiger partial charge in [0.25, 0.3) is 5.69 Å². The Morgan fingerprint density at radius 2 is 1.83 bits per heavy atom. The fourth-order valence-electron chi connectivity index (χ4n) is 4.22. The number of carbonyl (C=O) groups excluding carboxylic acids is 3. The van der Waals surface area contributed by atoms with E-state index in [-0.39, 0.29) is 42.0 Å². The fraction of sp³-hybridized carbons (Fsp3) is 0.423. The summed E-state index contributed by atoms with van der Waals surface area (Å²) in [6, 6.07) is 12.4. The Labute approximate surface area is 204 Å². The molecule has 0 aromatic heterocycles. The first kappa shape index (κ1) is 25.9. The van der Waals surface area contributed by atoms with Crippen molar-refractivity contribution in [2.75, 3.05) is 23.4 Å². The second-order valence-corrected chi connectivity index (χ2v) is 9.02. The van der Waals surface area contributed by atoms with Crippen molar-refractivity contribution in [3.8, 4) is 0 Å². The van der Waals surface area contributed by atoms with Crippen LogP contribution in [0.3, 0.4) is 0 Å². The Kier molecular flexibility index (Phi) is 8.22. The summed E-state index contributed by atoms with van der Waals surface area (Å²) in [5.74, 6) is -0.801. The van der Waals surface area contributed by atoms with Gasteiger partial charge in [0.1, 0.15) is 5.69 Å². The van der Waals surface area contributed by atoms with E-state index in [0.717, 1.165) is 5.56 Å². The first-order valence-electron chi connectivity index (χ1n) is 11.8. The predicted octanol–water partition coefficient (Wildman–Crippen LogP) is 4.52. The van der Waals surface area contributed by atoms with Crippen molar-refractivity contribution in [1.29, 1.82) is 0 Å². The van der Waals surface area contributed by atoms with Gasteiger partial charge in [-0.25, -0.2) is 0 Å².